The van der Waals surface area contributed by atoms with Crippen molar-refractivity contribution in [2.24, 2.45) is 11.3 Å². The lowest BCUT2D eigenvalue weighted by Gasteiger charge is -2.49. The van der Waals surface area contributed by atoms with Crippen molar-refractivity contribution in [3.63, 3.8) is 0 Å². The summed E-state index contributed by atoms with van der Waals surface area (Å²) in [5.41, 5.74) is 1.44. The van der Waals surface area contributed by atoms with Crippen molar-refractivity contribution < 1.29 is 19.4 Å². The van der Waals surface area contributed by atoms with E-state index in [1.807, 2.05) is 20.8 Å². The van der Waals surface area contributed by atoms with Crippen molar-refractivity contribution in [1.29, 1.82) is 0 Å². The molecule has 0 aromatic heterocycles. The van der Waals surface area contributed by atoms with Crippen LogP contribution in [-0.4, -0.2) is 35.0 Å². The molecule has 4 unspecified atom stereocenters. The van der Waals surface area contributed by atoms with Gasteiger partial charge >= 0.3 is 0 Å². The lowest BCUT2D eigenvalue weighted by molar-refractivity contribution is -0.172. The molecule has 0 amide bonds. The van der Waals surface area contributed by atoms with Crippen molar-refractivity contribution in [2.45, 2.75) is 77.8 Å². The lowest BCUT2D eigenvalue weighted by Crippen LogP contribution is -2.48. The third-order valence-electron chi connectivity index (χ3n) is 6.19. The van der Waals surface area contributed by atoms with Crippen LogP contribution in [0.25, 0.3) is 0 Å². The number of ether oxygens (including phenoxy) is 2. The Morgan fingerprint density at radius 1 is 1.18 bits per heavy atom. The Bertz CT molecular complexity index is 535. The first kappa shape index (κ1) is 16.2. The van der Waals surface area contributed by atoms with Crippen molar-refractivity contribution in [1.82, 2.24) is 0 Å². The van der Waals surface area contributed by atoms with Gasteiger partial charge in [0.25, 0.3) is 0 Å². The summed E-state index contributed by atoms with van der Waals surface area (Å²) in [6.45, 7) is 10.6. The van der Waals surface area contributed by atoms with E-state index in [1.165, 1.54) is 0 Å². The van der Waals surface area contributed by atoms with Crippen molar-refractivity contribution >= 4 is 5.78 Å². The Labute approximate surface area is 132 Å². The predicted octanol–water partition coefficient (Wildman–Crippen LogP) is 2.98. The van der Waals surface area contributed by atoms with E-state index in [9.17, 15) is 9.90 Å². The molecule has 4 heteroatoms. The first-order valence-electron chi connectivity index (χ1n) is 8.33. The molecule has 1 aliphatic heterocycles. The van der Waals surface area contributed by atoms with Crippen molar-refractivity contribution in [3.8, 4) is 0 Å². The summed E-state index contributed by atoms with van der Waals surface area (Å²) < 4.78 is 12.0. The van der Waals surface area contributed by atoms with Gasteiger partial charge in [-0.15, -0.1) is 0 Å². The van der Waals surface area contributed by atoms with Crippen LogP contribution in [0.4, 0.5) is 0 Å². The molecule has 0 aromatic rings. The molecule has 3 aliphatic rings. The van der Waals surface area contributed by atoms with Crippen LogP contribution in [-0.2, 0) is 14.3 Å². The minimum Gasteiger partial charge on any atom is -0.392 e. The number of allylic oxidation sites excluding steroid dienone is 1. The van der Waals surface area contributed by atoms with Gasteiger partial charge in [-0.1, -0.05) is 12.5 Å². The fourth-order valence-electron chi connectivity index (χ4n) is 4.54. The molecular weight excluding hydrogens is 280 g/mol. The summed E-state index contributed by atoms with van der Waals surface area (Å²) >= 11 is 0. The number of carbonyl (C=O) groups excluding carboxylic acids is 1. The summed E-state index contributed by atoms with van der Waals surface area (Å²) in [7, 11) is 0. The van der Waals surface area contributed by atoms with Gasteiger partial charge in [-0.05, 0) is 58.4 Å². The predicted molar refractivity (Wildman–Crippen MR) is 83.3 cm³/mol. The highest BCUT2D eigenvalue weighted by molar-refractivity contribution is 5.97. The standard InChI is InChI=1S/C18H28O4/c1-11-13-8-12(18(5)10-21-16(2,3)22-18)6-7-17(13,4)15(20)9-14(11)19/h12,15,20H,6-10H2,1-5H3. The molecule has 1 heterocycles. The molecule has 22 heavy (non-hydrogen) atoms. The SMILES string of the molecule is CC1=C2CC(C3(C)COC(C)(C)O3)CCC2(C)C(O)CC1=O. The Morgan fingerprint density at radius 3 is 2.45 bits per heavy atom. The molecule has 3 rings (SSSR count). The number of Topliss-reactive ketones (excluding diaryl/α,β-unsaturated/α-hetero) is 1. The summed E-state index contributed by atoms with van der Waals surface area (Å²) in [6, 6.07) is 0. The number of ketones is 1. The molecule has 124 valence electrons. The van der Waals surface area contributed by atoms with E-state index in [1.54, 1.807) is 0 Å². The number of hydrogen-bond acceptors (Lipinski definition) is 4. The molecule has 4 atom stereocenters. The second-order valence-corrected chi connectivity index (χ2v) is 8.21. The van der Waals surface area contributed by atoms with Crippen molar-refractivity contribution in [3.05, 3.63) is 11.1 Å². The zero-order chi connectivity index (χ0) is 16.3. The monoisotopic (exact) mass is 308 g/mol. The maximum atomic E-state index is 12.1. The van der Waals surface area contributed by atoms with Gasteiger partial charge in [0, 0.05) is 11.8 Å². The lowest BCUT2D eigenvalue weighted by atomic mass is 9.58. The number of aliphatic hydroxyl groups excluding tert-OH is 1. The minimum atomic E-state index is -0.551. The van der Waals surface area contributed by atoms with E-state index >= 15 is 0 Å². The zero-order valence-corrected chi connectivity index (χ0v) is 14.4. The van der Waals surface area contributed by atoms with Crippen LogP contribution in [0.5, 0.6) is 0 Å². The largest absolute Gasteiger partial charge is 0.392 e. The van der Waals surface area contributed by atoms with Crippen molar-refractivity contribution in [2.75, 3.05) is 6.61 Å². The molecule has 0 aromatic carbocycles. The molecule has 0 spiro atoms. The van der Waals surface area contributed by atoms with Crippen LogP contribution >= 0.6 is 0 Å². The first-order chi connectivity index (χ1) is 10.1. The van der Waals surface area contributed by atoms with Gasteiger partial charge in [0.1, 0.15) is 0 Å². The van der Waals surface area contributed by atoms with Crippen LogP contribution in [0.15, 0.2) is 11.1 Å². The molecular formula is C18H28O4. The maximum Gasteiger partial charge on any atom is 0.163 e. The van der Waals surface area contributed by atoms with E-state index in [0.717, 1.165) is 30.4 Å². The molecule has 1 saturated heterocycles. The molecule has 4 nitrogen and oxygen atoms in total. The highest BCUT2D eigenvalue weighted by Gasteiger charge is 2.53. The van der Waals surface area contributed by atoms with Gasteiger partial charge in [-0.25, -0.2) is 0 Å². The Morgan fingerprint density at radius 2 is 1.86 bits per heavy atom. The Balaban J connectivity index is 1.89. The van der Waals surface area contributed by atoms with Crippen LogP contribution in [0.2, 0.25) is 0 Å². The summed E-state index contributed by atoms with van der Waals surface area (Å²) in [5, 5.41) is 10.4. The molecule has 2 aliphatic carbocycles. The number of aliphatic hydroxyl groups is 1. The van der Waals surface area contributed by atoms with Gasteiger partial charge < -0.3 is 14.6 Å². The summed E-state index contributed by atoms with van der Waals surface area (Å²) in [4.78, 5) is 12.1. The number of carbonyl (C=O) groups is 1. The number of fused-ring (bicyclic) bond motifs is 1. The van der Waals surface area contributed by atoms with Gasteiger partial charge in [-0.2, -0.15) is 0 Å². The fourth-order valence-corrected chi connectivity index (χ4v) is 4.54. The van der Waals surface area contributed by atoms with Crippen LogP contribution < -0.4 is 0 Å². The number of rotatable bonds is 1. The van der Waals surface area contributed by atoms with E-state index in [-0.39, 0.29) is 23.2 Å². The number of hydrogen-bond donors (Lipinski definition) is 1. The minimum absolute atomic E-state index is 0.0923. The summed E-state index contributed by atoms with van der Waals surface area (Å²) in [6.07, 6.45) is 2.43. The fraction of sp³-hybridized carbons (Fsp3) is 0.833. The molecule has 0 bridgehead atoms. The van der Waals surface area contributed by atoms with Crippen LogP contribution in [0.3, 0.4) is 0 Å². The Hall–Kier alpha value is -0.710. The van der Waals surface area contributed by atoms with Gasteiger partial charge in [0.05, 0.1) is 18.3 Å². The third-order valence-corrected chi connectivity index (χ3v) is 6.19. The highest BCUT2D eigenvalue weighted by atomic mass is 16.8. The average Bonchev–Trinajstić information content (AvgIpc) is 2.72. The quantitative estimate of drug-likeness (QED) is 0.809. The van der Waals surface area contributed by atoms with Gasteiger partial charge in [-0.3, -0.25) is 4.79 Å². The third kappa shape index (κ3) is 2.36. The normalized spacial score (nSPS) is 45.1. The van der Waals surface area contributed by atoms with Gasteiger partial charge in [0.15, 0.2) is 11.6 Å². The smallest absolute Gasteiger partial charge is 0.163 e. The first-order valence-corrected chi connectivity index (χ1v) is 8.33. The maximum absolute atomic E-state index is 12.1. The van der Waals surface area contributed by atoms with Crippen LogP contribution in [0.1, 0.15) is 60.3 Å². The van der Waals surface area contributed by atoms with E-state index in [4.69, 9.17) is 9.47 Å². The van der Waals surface area contributed by atoms with E-state index < -0.39 is 11.9 Å². The highest BCUT2D eigenvalue weighted by Crippen LogP contribution is 2.54. The molecule has 2 fully saturated rings. The Kier molecular flexibility index (Phi) is 3.59. The van der Waals surface area contributed by atoms with E-state index in [0.29, 0.717) is 12.5 Å². The molecule has 1 N–H and O–H groups in total. The topological polar surface area (TPSA) is 55.8 Å². The second-order valence-electron chi connectivity index (χ2n) is 8.21. The van der Waals surface area contributed by atoms with Gasteiger partial charge in [0.2, 0.25) is 0 Å². The van der Waals surface area contributed by atoms with Crippen LogP contribution in [0, 0.1) is 11.3 Å². The molecule has 0 radical (unpaired) electrons. The zero-order valence-electron chi connectivity index (χ0n) is 14.4. The summed E-state index contributed by atoms with van der Waals surface area (Å²) in [5.74, 6) is -0.124. The van der Waals surface area contributed by atoms with E-state index in [2.05, 4.69) is 13.8 Å². The molecule has 1 saturated carbocycles. The second kappa shape index (κ2) is 4.89. The average molecular weight is 308 g/mol.